The van der Waals surface area contributed by atoms with Gasteiger partial charge in [-0.3, -0.25) is 0 Å². The van der Waals surface area contributed by atoms with Crippen LogP contribution in [0.4, 0.5) is 18.9 Å². The number of hydrogen-bond donors (Lipinski definition) is 0. The first kappa shape index (κ1) is 14.3. The minimum absolute atomic E-state index is 0.447. The lowest BCUT2D eigenvalue weighted by Gasteiger charge is -2.22. The van der Waals surface area contributed by atoms with E-state index in [1.165, 1.54) is 23.0 Å². The van der Waals surface area contributed by atoms with Gasteiger partial charge >= 0.3 is 6.18 Å². The van der Waals surface area contributed by atoms with Crippen LogP contribution in [0.15, 0.2) is 30.6 Å². The Bertz CT molecular complexity index is 645. The molecule has 0 amide bonds. The quantitative estimate of drug-likeness (QED) is 0.830. The van der Waals surface area contributed by atoms with Crippen molar-refractivity contribution < 1.29 is 13.2 Å². The van der Waals surface area contributed by atoms with E-state index in [9.17, 15) is 13.2 Å². The van der Waals surface area contributed by atoms with Crippen molar-refractivity contribution in [3.63, 3.8) is 0 Å². The zero-order chi connectivity index (χ0) is 15.0. The molecule has 1 saturated heterocycles. The van der Waals surface area contributed by atoms with Crippen LogP contribution in [0, 0.1) is 0 Å². The van der Waals surface area contributed by atoms with Crippen LogP contribution in [0.25, 0.3) is 5.69 Å². The first-order valence-electron chi connectivity index (χ1n) is 6.62. The number of benzene rings is 1. The maximum atomic E-state index is 12.9. The number of alkyl halides is 3. The van der Waals surface area contributed by atoms with Crippen molar-refractivity contribution in [3.05, 3.63) is 41.2 Å². The summed E-state index contributed by atoms with van der Waals surface area (Å²) in [6, 6.07) is 3.71. The van der Waals surface area contributed by atoms with Crippen LogP contribution in [0.1, 0.15) is 18.4 Å². The highest BCUT2D eigenvalue weighted by Gasteiger charge is 2.32. The summed E-state index contributed by atoms with van der Waals surface area (Å²) in [5.74, 6) is 0. The van der Waals surface area contributed by atoms with E-state index < -0.39 is 11.7 Å². The summed E-state index contributed by atoms with van der Waals surface area (Å²) in [4.78, 5) is 1.96. The summed E-state index contributed by atoms with van der Waals surface area (Å²) in [5.41, 5.74) is 0.505. The van der Waals surface area contributed by atoms with Gasteiger partial charge in [-0.15, -0.1) is 0 Å². The highest BCUT2D eigenvalue weighted by Crippen LogP contribution is 2.36. The maximum absolute atomic E-state index is 12.9. The number of aromatic nitrogens is 2. The van der Waals surface area contributed by atoms with Crippen molar-refractivity contribution in [2.45, 2.75) is 19.0 Å². The Kier molecular flexibility index (Phi) is 3.57. The molecule has 2 aromatic rings. The van der Waals surface area contributed by atoms with Crippen LogP contribution >= 0.6 is 11.6 Å². The molecule has 3 rings (SSSR count). The molecule has 2 heterocycles. The van der Waals surface area contributed by atoms with E-state index in [4.69, 9.17) is 11.6 Å². The first-order valence-corrected chi connectivity index (χ1v) is 7.00. The predicted molar refractivity (Wildman–Crippen MR) is 75.0 cm³/mol. The first-order chi connectivity index (χ1) is 9.95. The van der Waals surface area contributed by atoms with E-state index in [-0.39, 0.29) is 0 Å². The maximum Gasteiger partial charge on any atom is 0.416 e. The van der Waals surface area contributed by atoms with Crippen LogP contribution < -0.4 is 4.90 Å². The summed E-state index contributed by atoms with van der Waals surface area (Å²) >= 11 is 5.85. The van der Waals surface area contributed by atoms with Gasteiger partial charge in [0.2, 0.25) is 0 Å². The van der Waals surface area contributed by atoms with Crippen molar-refractivity contribution in [2.24, 2.45) is 0 Å². The molecule has 1 aromatic heterocycles. The van der Waals surface area contributed by atoms with Gasteiger partial charge in [0.15, 0.2) is 0 Å². The van der Waals surface area contributed by atoms with E-state index in [1.54, 1.807) is 6.20 Å². The minimum Gasteiger partial charge on any atom is -0.370 e. The summed E-state index contributed by atoms with van der Waals surface area (Å²) in [6.45, 7) is 1.51. The molecule has 0 spiro atoms. The van der Waals surface area contributed by atoms with Gasteiger partial charge in [-0.2, -0.15) is 18.3 Å². The number of halogens is 4. The Labute approximate surface area is 124 Å². The SMILES string of the molecule is FC(F)(F)c1ccc(-n2cc(Cl)cn2)c(N2CCCC2)c1. The Balaban J connectivity index is 2.10. The summed E-state index contributed by atoms with van der Waals surface area (Å²) < 4.78 is 40.3. The Morgan fingerprint density at radius 2 is 1.81 bits per heavy atom. The number of anilines is 1. The summed E-state index contributed by atoms with van der Waals surface area (Å²) in [7, 11) is 0. The van der Waals surface area contributed by atoms with Gasteiger partial charge in [-0.05, 0) is 31.0 Å². The fourth-order valence-corrected chi connectivity index (χ4v) is 2.67. The van der Waals surface area contributed by atoms with E-state index in [2.05, 4.69) is 5.10 Å². The van der Waals surface area contributed by atoms with Crippen molar-refractivity contribution in [3.8, 4) is 5.69 Å². The lowest BCUT2D eigenvalue weighted by atomic mass is 10.1. The van der Waals surface area contributed by atoms with E-state index in [1.807, 2.05) is 4.90 Å². The molecule has 3 nitrogen and oxygen atoms in total. The van der Waals surface area contributed by atoms with Crippen molar-refractivity contribution in [1.82, 2.24) is 9.78 Å². The van der Waals surface area contributed by atoms with Crippen LogP contribution in [-0.4, -0.2) is 22.9 Å². The molecule has 0 unspecified atom stereocenters. The Morgan fingerprint density at radius 1 is 1.10 bits per heavy atom. The summed E-state index contributed by atoms with van der Waals surface area (Å²) in [6.07, 6.45) is 0.663. The molecule has 0 radical (unpaired) electrons. The van der Waals surface area contributed by atoms with Crippen LogP contribution in [-0.2, 0) is 6.18 Å². The van der Waals surface area contributed by atoms with Gasteiger partial charge in [0.1, 0.15) is 0 Å². The number of nitrogens with zero attached hydrogens (tertiary/aromatic N) is 3. The molecule has 0 saturated carbocycles. The fourth-order valence-electron chi connectivity index (χ4n) is 2.54. The predicted octanol–water partition coefficient (Wildman–Crippen LogP) is 4.14. The molecule has 112 valence electrons. The second-order valence-corrected chi connectivity index (χ2v) is 5.43. The van der Waals surface area contributed by atoms with Gasteiger partial charge in [0, 0.05) is 19.3 Å². The zero-order valence-electron chi connectivity index (χ0n) is 11.1. The van der Waals surface area contributed by atoms with Crippen molar-refractivity contribution in [1.29, 1.82) is 0 Å². The largest absolute Gasteiger partial charge is 0.416 e. The molecule has 1 aliphatic heterocycles. The third-order valence-electron chi connectivity index (χ3n) is 3.55. The fraction of sp³-hybridized carbons (Fsp3) is 0.357. The zero-order valence-corrected chi connectivity index (χ0v) is 11.8. The van der Waals surface area contributed by atoms with Crippen LogP contribution in [0.2, 0.25) is 5.02 Å². The Morgan fingerprint density at radius 3 is 2.38 bits per heavy atom. The second-order valence-electron chi connectivity index (χ2n) is 5.00. The molecule has 21 heavy (non-hydrogen) atoms. The minimum atomic E-state index is -4.35. The van der Waals surface area contributed by atoms with Crippen molar-refractivity contribution >= 4 is 17.3 Å². The highest BCUT2D eigenvalue weighted by atomic mass is 35.5. The number of rotatable bonds is 2. The summed E-state index contributed by atoms with van der Waals surface area (Å²) in [5, 5.41) is 4.53. The molecular weight excluding hydrogens is 303 g/mol. The average molecular weight is 316 g/mol. The molecule has 7 heteroatoms. The van der Waals surface area contributed by atoms with Crippen LogP contribution in [0.5, 0.6) is 0 Å². The molecule has 0 aliphatic carbocycles. The third kappa shape index (κ3) is 2.85. The number of hydrogen-bond acceptors (Lipinski definition) is 2. The third-order valence-corrected chi connectivity index (χ3v) is 3.74. The standard InChI is InChI=1S/C14H13ClF3N3/c15-11-8-19-21(9-11)12-4-3-10(14(16,17)18)7-13(12)20-5-1-2-6-20/h3-4,7-9H,1-2,5-6H2. The van der Waals surface area contributed by atoms with Gasteiger partial charge in [0.05, 0.1) is 28.2 Å². The van der Waals surface area contributed by atoms with Crippen LogP contribution in [0.3, 0.4) is 0 Å². The smallest absolute Gasteiger partial charge is 0.370 e. The van der Waals surface area contributed by atoms with Gasteiger partial charge in [-0.25, -0.2) is 4.68 Å². The van der Waals surface area contributed by atoms with Gasteiger partial charge in [0.25, 0.3) is 0 Å². The van der Waals surface area contributed by atoms with E-state index >= 15 is 0 Å². The van der Waals surface area contributed by atoms with Gasteiger partial charge in [-0.1, -0.05) is 11.6 Å². The Hall–Kier alpha value is -1.69. The molecule has 1 aromatic carbocycles. The monoisotopic (exact) mass is 315 g/mol. The molecule has 0 atom stereocenters. The van der Waals surface area contributed by atoms with E-state index in [0.29, 0.717) is 16.4 Å². The normalized spacial score (nSPS) is 15.7. The average Bonchev–Trinajstić information content (AvgIpc) is 3.08. The molecule has 1 aliphatic rings. The highest BCUT2D eigenvalue weighted by molar-refractivity contribution is 6.30. The van der Waals surface area contributed by atoms with Crippen molar-refractivity contribution in [2.75, 3.05) is 18.0 Å². The van der Waals surface area contributed by atoms with Gasteiger partial charge < -0.3 is 4.90 Å². The second kappa shape index (κ2) is 5.26. The lowest BCUT2D eigenvalue weighted by molar-refractivity contribution is -0.137. The van der Waals surface area contributed by atoms with E-state index in [0.717, 1.165) is 32.0 Å². The molecule has 1 fully saturated rings. The molecular formula is C14H13ClF3N3. The molecule has 0 bridgehead atoms. The molecule has 0 N–H and O–H groups in total. The lowest BCUT2D eigenvalue weighted by Crippen LogP contribution is -2.21. The topological polar surface area (TPSA) is 21.1 Å².